The van der Waals surface area contributed by atoms with Crippen molar-refractivity contribution in [3.63, 3.8) is 0 Å². The maximum atomic E-state index is 10.7. The first kappa shape index (κ1) is 8.77. The predicted molar refractivity (Wildman–Crippen MR) is 40.2 cm³/mol. The third-order valence-electron chi connectivity index (χ3n) is 1.74. The molecular formula is C8H10O4. The normalized spacial score (nSPS) is 26.9. The highest BCUT2D eigenvalue weighted by atomic mass is 16.6. The minimum Gasteiger partial charge on any atom is -0.461 e. The van der Waals surface area contributed by atoms with Gasteiger partial charge in [0.25, 0.3) is 0 Å². The summed E-state index contributed by atoms with van der Waals surface area (Å²) in [5.41, 5.74) is 0. The van der Waals surface area contributed by atoms with E-state index in [-0.39, 0.29) is 24.6 Å². The molecular weight excluding hydrogens is 160 g/mol. The van der Waals surface area contributed by atoms with Gasteiger partial charge in [0, 0.05) is 6.08 Å². The van der Waals surface area contributed by atoms with Crippen LogP contribution < -0.4 is 0 Å². The fourth-order valence-electron chi connectivity index (χ4n) is 0.906. The highest BCUT2D eigenvalue weighted by Gasteiger charge is 2.39. The van der Waals surface area contributed by atoms with E-state index in [2.05, 4.69) is 16.1 Å². The molecule has 1 aliphatic heterocycles. The van der Waals surface area contributed by atoms with Crippen LogP contribution in [0.25, 0.3) is 0 Å². The SMILES string of the molecule is C=CC(=O)OCC1C(=O)OC1C. The van der Waals surface area contributed by atoms with Crippen molar-refractivity contribution in [3.05, 3.63) is 12.7 Å². The van der Waals surface area contributed by atoms with E-state index in [1.807, 2.05) is 0 Å². The van der Waals surface area contributed by atoms with Gasteiger partial charge in [0.2, 0.25) is 0 Å². The van der Waals surface area contributed by atoms with Gasteiger partial charge >= 0.3 is 11.9 Å². The summed E-state index contributed by atoms with van der Waals surface area (Å²) in [5.74, 6) is -1.12. The summed E-state index contributed by atoms with van der Waals surface area (Å²) in [6, 6.07) is 0. The Hall–Kier alpha value is -1.32. The van der Waals surface area contributed by atoms with Crippen LogP contribution in [0.4, 0.5) is 0 Å². The van der Waals surface area contributed by atoms with Crippen molar-refractivity contribution in [3.8, 4) is 0 Å². The summed E-state index contributed by atoms with van der Waals surface area (Å²) in [6.45, 7) is 5.08. The van der Waals surface area contributed by atoms with Crippen LogP contribution in [-0.2, 0) is 19.1 Å². The molecule has 12 heavy (non-hydrogen) atoms. The minimum atomic E-state index is -0.512. The average Bonchev–Trinajstić information content (AvgIpc) is 2.04. The van der Waals surface area contributed by atoms with E-state index in [1.54, 1.807) is 6.92 Å². The summed E-state index contributed by atoms with van der Waals surface area (Å²) in [4.78, 5) is 21.3. The summed E-state index contributed by atoms with van der Waals surface area (Å²) >= 11 is 0. The quantitative estimate of drug-likeness (QED) is 0.451. The van der Waals surface area contributed by atoms with Crippen molar-refractivity contribution in [2.75, 3.05) is 6.61 Å². The van der Waals surface area contributed by atoms with Gasteiger partial charge in [-0.25, -0.2) is 4.79 Å². The van der Waals surface area contributed by atoms with Gasteiger partial charge in [0.1, 0.15) is 18.6 Å². The van der Waals surface area contributed by atoms with Crippen LogP contribution >= 0.6 is 0 Å². The first-order valence-electron chi connectivity index (χ1n) is 3.65. The van der Waals surface area contributed by atoms with Crippen LogP contribution in [-0.4, -0.2) is 24.6 Å². The molecule has 0 aromatic carbocycles. The molecule has 1 rings (SSSR count). The van der Waals surface area contributed by atoms with Gasteiger partial charge in [0.15, 0.2) is 0 Å². The Morgan fingerprint density at radius 2 is 2.50 bits per heavy atom. The number of carbonyl (C=O) groups excluding carboxylic acids is 2. The molecule has 1 heterocycles. The second-order valence-corrected chi connectivity index (χ2v) is 2.58. The first-order chi connectivity index (χ1) is 5.65. The van der Waals surface area contributed by atoms with Gasteiger partial charge in [-0.15, -0.1) is 0 Å². The van der Waals surface area contributed by atoms with Crippen molar-refractivity contribution >= 4 is 11.9 Å². The van der Waals surface area contributed by atoms with E-state index >= 15 is 0 Å². The number of esters is 2. The van der Waals surface area contributed by atoms with E-state index in [0.29, 0.717) is 0 Å². The third-order valence-corrected chi connectivity index (χ3v) is 1.74. The predicted octanol–water partition coefficient (Wildman–Crippen LogP) is 0.277. The van der Waals surface area contributed by atoms with Gasteiger partial charge in [-0.2, -0.15) is 0 Å². The lowest BCUT2D eigenvalue weighted by Crippen LogP contribution is -2.45. The highest BCUT2D eigenvalue weighted by molar-refractivity contribution is 5.82. The molecule has 0 bridgehead atoms. The molecule has 2 atom stereocenters. The number of rotatable bonds is 3. The summed E-state index contributed by atoms with van der Waals surface area (Å²) in [5, 5.41) is 0. The highest BCUT2D eigenvalue weighted by Crippen LogP contribution is 2.21. The maximum absolute atomic E-state index is 10.7. The molecule has 4 nitrogen and oxygen atoms in total. The van der Waals surface area contributed by atoms with Gasteiger partial charge in [-0.05, 0) is 6.92 Å². The molecule has 1 aliphatic rings. The Bertz CT molecular complexity index is 221. The van der Waals surface area contributed by atoms with E-state index in [4.69, 9.17) is 0 Å². The average molecular weight is 170 g/mol. The largest absolute Gasteiger partial charge is 0.461 e. The minimum absolute atomic E-state index is 0.0881. The van der Waals surface area contributed by atoms with E-state index in [9.17, 15) is 9.59 Å². The van der Waals surface area contributed by atoms with Crippen LogP contribution in [0.15, 0.2) is 12.7 Å². The molecule has 0 spiro atoms. The smallest absolute Gasteiger partial charge is 0.330 e. The lowest BCUT2D eigenvalue weighted by Gasteiger charge is -2.31. The Morgan fingerprint density at radius 3 is 2.92 bits per heavy atom. The molecule has 0 N–H and O–H groups in total. The lowest BCUT2D eigenvalue weighted by atomic mass is 10.00. The van der Waals surface area contributed by atoms with E-state index in [1.165, 1.54) is 0 Å². The van der Waals surface area contributed by atoms with Gasteiger partial charge < -0.3 is 9.47 Å². The first-order valence-corrected chi connectivity index (χ1v) is 3.65. The second kappa shape index (κ2) is 3.38. The summed E-state index contributed by atoms with van der Waals surface area (Å²) in [6.07, 6.45) is 0.921. The number of ether oxygens (including phenoxy) is 2. The second-order valence-electron chi connectivity index (χ2n) is 2.58. The van der Waals surface area contributed by atoms with Gasteiger partial charge in [-0.3, -0.25) is 4.79 Å². The zero-order valence-electron chi connectivity index (χ0n) is 6.78. The molecule has 0 amide bonds. The molecule has 66 valence electrons. The maximum Gasteiger partial charge on any atom is 0.330 e. The number of hydrogen-bond acceptors (Lipinski definition) is 4. The molecule has 0 saturated carbocycles. The van der Waals surface area contributed by atoms with Crippen LogP contribution in [0.5, 0.6) is 0 Å². The van der Waals surface area contributed by atoms with Crippen molar-refractivity contribution in [1.29, 1.82) is 0 Å². The topological polar surface area (TPSA) is 52.6 Å². The fourth-order valence-corrected chi connectivity index (χ4v) is 0.906. The Balaban J connectivity index is 2.27. The summed E-state index contributed by atoms with van der Waals surface area (Å²) < 4.78 is 9.34. The number of cyclic esters (lactones) is 1. The number of carbonyl (C=O) groups is 2. The molecule has 0 aromatic heterocycles. The van der Waals surface area contributed by atoms with E-state index < -0.39 is 5.97 Å². The van der Waals surface area contributed by atoms with Gasteiger partial charge in [-0.1, -0.05) is 6.58 Å². The van der Waals surface area contributed by atoms with Crippen molar-refractivity contribution in [2.45, 2.75) is 13.0 Å². The van der Waals surface area contributed by atoms with Crippen LogP contribution in [0, 0.1) is 5.92 Å². The third kappa shape index (κ3) is 1.64. The Kier molecular flexibility index (Phi) is 2.47. The molecule has 1 fully saturated rings. The number of hydrogen-bond donors (Lipinski definition) is 0. The standard InChI is InChI=1S/C8H10O4/c1-3-7(9)11-4-6-5(2)12-8(6)10/h3,5-6H,1,4H2,2H3. The summed E-state index contributed by atoms with van der Waals surface area (Å²) in [7, 11) is 0. The zero-order valence-corrected chi connectivity index (χ0v) is 6.78. The van der Waals surface area contributed by atoms with Crippen LogP contribution in [0.3, 0.4) is 0 Å². The van der Waals surface area contributed by atoms with Crippen molar-refractivity contribution in [2.24, 2.45) is 5.92 Å². The molecule has 4 heteroatoms. The van der Waals surface area contributed by atoms with Crippen LogP contribution in [0.2, 0.25) is 0 Å². The fraction of sp³-hybridized carbons (Fsp3) is 0.500. The lowest BCUT2D eigenvalue weighted by molar-refractivity contribution is -0.187. The zero-order chi connectivity index (χ0) is 9.14. The Morgan fingerprint density at radius 1 is 1.83 bits per heavy atom. The van der Waals surface area contributed by atoms with E-state index in [0.717, 1.165) is 6.08 Å². The Labute approximate surface area is 70.1 Å². The molecule has 2 unspecified atom stereocenters. The molecule has 0 aromatic rings. The molecule has 1 saturated heterocycles. The monoisotopic (exact) mass is 170 g/mol. The molecule has 0 radical (unpaired) electrons. The molecule has 0 aliphatic carbocycles. The van der Waals surface area contributed by atoms with Gasteiger partial charge in [0.05, 0.1) is 0 Å². The van der Waals surface area contributed by atoms with Crippen molar-refractivity contribution < 1.29 is 19.1 Å². The van der Waals surface area contributed by atoms with Crippen molar-refractivity contribution in [1.82, 2.24) is 0 Å². The van der Waals surface area contributed by atoms with Crippen LogP contribution in [0.1, 0.15) is 6.92 Å².